The highest BCUT2D eigenvalue weighted by atomic mass is 19.1. The third kappa shape index (κ3) is 2.50. The second kappa shape index (κ2) is 5.65. The van der Waals surface area contributed by atoms with Crippen molar-refractivity contribution in [3.63, 3.8) is 0 Å². The molecule has 2 rings (SSSR count). The van der Waals surface area contributed by atoms with E-state index in [2.05, 4.69) is 5.10 Å². The number of hydrogen-bond acceptors (Lipinski definition) is 3. The molecule has 0 aliphatic rings. The van der Waals surface area contributed by atoms with Gasteiger partial charge in [-0.05, 0) is 25.5 Å². The monoisotopic (exact) mass is 262 g/mol. The van der Waals surface area contributed by atoms with Crippen LogP contribution in [0, 0.1) is 5.82 Å². The lowest BCUT2D eigenvalue weighted by atomic mass is 10.2. The van der Waals surface area contributed by atoms with Gasteiger partial charge >= 0.3 is 5.97 Å². The quantitative estimate of drug-likeness (QED) is 0.796. The first kappa shape index (κ1) is 13.3. The lowest BCUT2D eigenvalue weighted by Gasteiger charge is -2.08. The number of aromatic nitrogens is 2. The summed E-state index contributed by atoms with van der Waals surface area (Å²) in [7, 11) is 0. The Hall–Kier alpha value is -2.17. The molecule has 0 unspecified atom stereocenters. The number of carbonyl (C=O) groups excluding carboxylic acids is 1. The Balaban J connectivity index is 2.49. The van der Waals surface area contributed by atoms with Crippen LogP contribution in [0.15, 0.2) is 30.5 Å². The van der Waals surface area contributed by atoms with Gasteiger partial charge in [0.25, 0.3) is 0 Å². The maximum atomic E-state index is 13.8. The van der Waals surface area contributed by atoms with Crippen LogP contribution in [0.3, 0.4) is 0 Å². The predicted octanol–water partition coefficient (Wildman–Crippen LogP) is 2.75. The Morgan fingerprint density at radius 3 is 2.74 bits per heavy atom. The number of benzene rings is 1. The largest absolute Gasteiger partial charge is 0.462 e. The average molecular weight is 262 g/mol. The van der Waals surface area contributed by atoms with Crippen LogP contribution in [0.25, 0.3) is 5.69 Å². The van der Waals surface area contributed by atoms with E-state index in [0.29, 0.717) is 30.0 Å². The molecular formula is C14H15FN2O2. The summed E-state index contributed by atoms with van der Waals surface area (Å²) in [6.07, 6.45) is 1.98. The first-order valence-electron chi connectivity index (χ1n) is 6.18. The minimum Gasteiger partial charge on any atom is -0.462 e. The molecule has 19 heavy (non-hydrogen) atoms. The number of para-hydroxylation sites is 1. The Morgan fingerprint density at radius 1 is 1.37 bits per heavy atom. The fourth-order valence-corrected chi connectivity index (χ4v) is 1.92. The SMILES string of the molecule is CCOC(=O)c1cnn(-c2ccccc2F)c1CC. The molecule has 0 atom stereocenters. The minimum atomic E-state index is -0.429. The third-order valence-electron chi connectivity index (χ3n) is 2.78. The van der Waals surface area contributed by atoms with Crippen molar-refractivity contribution in [3.8, 4) is 5.69 Å². The molecule has 100 valence electrons. The molecule has 0 N–H and O–H groups in total. The van der Waals surface area contributed by atoms with Crippen molar-refractivity contribution in [2.75, 3.05) is 6.61 Å². The molecule has 1 heterocycles. The van der Waals surface area contributed by atoms with Crippen LogP contribution < -0.4 is 0 Å². The number of nitrogens with zero attached hydrogens (tertiary/aromatic N) is 2. The summed E-state index contributed by atoms with van der Waals surface area (Å²) >= 11 is 0. The molecule has 0 saturated carbocycles. The highest BCUT2D eigenvalue weighted by Gasteiger charge is 2.19. The van der Waals surface area contributed by atoms with E-state index in [1.807, 2.05) is 6.92 Å². The third-order valence-corrected chi connectivity index (χ3v) is 2.78. The summed E-state index contributed by atoms with van der Waals surface area (Å²) in [6, 6.07) is 6.32. The molecule has 0 aliphatic heterocycles. The summed E-state index contributed by atoms with van der Waals surface area (Å²) in [5.74, 6) is -0.808. The Kier molecular flexibility index (Phi) is 3.94. The van der Waals surface area contributed by atoms with Crippen molar-refractivity contribution in [3.05, 3.63) is 47.5 Å². The first-order valence-corrected chi connectivity index (χ1v) is 6.18. The lowest BCUT2D eigenvalue weighted by molar-refractivity contribution is 0.0525. The zero-order chi connectivity index (χ0) is 13.8. The van der Waals surface area contributed by atoms with Crippen molar-refractivity contribution in [1.82, 2.24) is 9.78 Å². The molecule has 0 bridgehead atoms. The standard InChI is InChI=1S/C14H15FN2O2/c1-3-12-10(14(18)19-4-2)9-16-17(12)13-8-6-5-7-11(13)15/h5-9H,3-4H2,1-2H3. The van der Waals surface area contributed by atoms with Gasteiger partial charge in [-0.25, -0.2) is 13.9 Å². The molecule has 5 heteroatoms. The van der Waals surface area contributed by atoms with Gasteiger partial charge in [0.15, 0.2) is 0 Å². The second-order valence-corrected chi connectivity index (χ2v) is 3.94. The van der Waals surface area contributed by atoms with Crippen LogP contribution in [-0.4, -0.2) is 22.4 Å². The Bertz CT molecular complexity index is 593. The lowest BCUT2D eigenvalue weighted by Crippen LogP contribution is -2.09. The average Bonchev–Trinajstić information content (AvgIpc) is 2.83. The summed E-state index contributed by atoms with van der Waals surface area (Å²) < 4.78 is 20.2. The van der Waals surface area contributed by atoms with Gasteiger partial charge in [0.05, 0.1) is 18.5 Å². The number of hydrogen-bond donors (Lipinski definition) is 0. The van der Waals surface area contributed by atoms with Crippen LogP contribution in [0.5, 0.6) is 0 Å². The molecule has 0 radical (unpaired) electrons. The van der Waals surface area contributed by atoms with Gasteiger partial charge in [-0.3, -0.25) is 0 Å². The van der Waals surface area contributed by atoms with Crippen LogP contribution >= 0.6 is 0 Å². The van der Waals surface area contributed by atoms with E-state index >= 15 is 0 Å². The van der Waals surface area contributed by atoms with Crippen LogP contribution in [0.2, 0.25) is 0 Å². The fraction of sp³-hybridized carbons (Fsp3) is 0.286. The van der Waals surface area contributed by atoms with Gasteiger partial charge in [-0.15, -0.1) is 0 Å². The molecular weight excluding hydrogens is 247 g/mol. The molecule has 0 spiro atoms. The summed E-state index contributed by atoms with van der Waals surface area (Å²) in [4.78, 5) is 11.8. The van der Waals surface area contributed by atoms with Crippen molar-refractivity contribution in [2.24, 2.45) is 0 Å². The fourth-order valence-electron chi connectivity index (χ4n) is 1.92. The van der Waals surface area contributed by atoms with Gasteiger partial charge in [0, 0.05) is 0 Å². The van der Waals surface area contributed by atoms with Crippen molar-refractivity contribution in [1.29, 1.82) is 0 Å². The molecule has 0 amide bonds. The Labute approximate surface area is 110 Å². The van der Waals surface area contributed by atoms with Gasteiger partial charge in [0.1, 0.15) is 17.1 Å². The molecule has 1 aromatic heterocycles. The minimum absolute atomic E-state index is 0.298. The topological polar surface area (TPSA) is 44.1 Å². The first-order chi connectivity index (χ1) is 9.19. The van der Waals surface area contributed by atoms with Crippen LogP contribution in [0.4, 0.5) is 4.39 Å². The number of esters is 1. The van der Waals surface area contributed by atoms with Gasteiger partial charge < -0.3 is 4.74 Å². The predicted molar refractivity (Wildman–Crippen MR) is 68.9 cm³/mol. The maximum absolute atomic E-state index is 13.8. The zero-order valence-electron chi connectivity index (χ0n) is 10.9. The van der Waals surface area contributed by atoms with E-state index in [0.717, 1.165) is 0 Å². The number of rotatable bonds is 4. The van der Waals surface area contributed by atoms with Crippen molar-refractivity contribution < 1.29 is 13.9 Å². The normalized spacial score (nSPS) is 10.5. The van der Waals surface area contributed by atoms with E-state index in [-0.39, 0.29) is 5.82 Å². The smallest absolute Gasteiger partial charge is 0.341 e. The van der Waals surface area contributed by atoms with E-state index < -0.39 is 5.97 Å². The zero-order valence-corrected chi connectivity index (χ0v) is 10.9. The molecule has 2 aromatic rings. The van der Waals surface area contributed by atoms with Crippen LogP contribution in [0.1, 0.15) is 29.9 Å². The summed E-state index contributed by atoms with van der Waals surface area (Å²) in [5, 5.41) is 4.10. The summed E-state index contributed by atoms with van der Waals surface area (Å²) in [6.45, 7) is 3.93. The van der Waals surface area contributed by atoms with Gasteiger partial charge in [0.2, 0.25) is 0 Å². The molecule has 4 nitrogen and oxygen atoms in total. The maximum Gasteiger partial charge on any atom is 0.341 e. The van der Waals surface area contributed by atoms with E-state index in [1.54, 1.807) is 25.1 Å². The highest BCUT2D eigenvalue weighted by Crippen LogP contribution is 2.18. The van der Waals surface area contributed by atoms with Gasteiger partial charge in [-0.2, -0.15) is 5.10 Å². The highest BCUT2D eigenvalue weighted by molar-refractivity contribution is 5.90. The van der Waals surface area contributed by atoms with Crippen molar-refractivity contribution in [2.45, 2.75) is 20.3 Å². The number of carbonyl (C=O) groups is 1. The van der Waals surface area contributed by atoms with E-state index in [9.17, 15) is 9.18 Å². The second-order valence-electron chi connectivity index (χ2n) is 3.94. The van der Waals surface area contributed by atoms with Crippen molar-refractivity contribution >= 4 is 5.97 Å². The Morgan fingerprint density at radius 2 is 2.11 bits per heavy atom. The number of halogens is 1. The molecule has 0 fully saturated rings. The summed E-state index contributed by atoms with van der Waals surface area (Å²) in [5.41, 5.74) is 1.35. The van der Waals surface area contributed by atoms with Crippen LogP contribution in [-0.2, 0) is 11.2 Å². The molecule has 0 saturated heterocycles. The van der Waals surface area contributed by atoms with E-state index in [1.165, 1.54) is 16.9 Å². The molecule has 1 aromatic carbocycles. The number of ether oxygens (including phenoxy) is 1. The van der Waals surface area contributed by atoms with Gasteiger partial charge in [-0.1, -0.05) is 19.1 Å². The molecule has 0 aliphatic carbocycles. The van der Waals surface area contributed by atoms with E-state index in [4.69, 9.17) is 4.74 Å².